The van der Waals surface area contributed by atoms with Crippen LogP contribution in [-0.4, -0.2) is 14.1 Å². The highest BCUT2D eigenvalue weighted by atomic mass is 15.0. The molecule has 0 N–H and O–H groups in total. The number of para-hydroxylation sites is 3. The third-order valence-electron chi connectivity index (χ3n) is 12.3. The second-order valence-corrected chi connectivity index (χ2v) is 16.0. The van der Waals surface area contributed by atoms with Gasteiger partial charge in [-0.05, 0) is 112 Å². The average Bonchev–Trinajstić information content (AvgIpc) is 3.87. The van der Waals surface area contributed by atoms with Gasteiger partial charge < -0.3 is 9.13 Å². The van der Waals surface area contributed by atoms with Crippen molar-refractivity contribution in [3.63, 3.8) is 0 Å². The summed E-state index contributed by atoms with van der Waals surface area (Å²) in [5.74, 6) is 0. The lowest BCUT2D eigenvalue weighted by atomic mass is 9.96. The lowest BCUT2D eigenvalue weighted by molar-refractivity contribution is 1.18. The van der Waals surface area contributed by atoms with Crippen LogP contribution in [-0.2, 0) is 0 Å². The molecule has 0 aliphatic carbocycles. The molecule has 0 unspecified atom stereocenters. The van der Waals surface area contributed by atoms with Crippen molar-refractivity contribution in [3.05, 3.63) is 237 Å². The molecule has 0 aliphatic heterocycles. The van der Waals surface area contributed by atoms with Crippen LogP contribution in [0.1, 0.15) is 0 Å². The molecule has 3 nitrogen and oxygen atoms in total. The summed E-state index contributed by atoms with van der Waals surface area (Å²) in [4.78, 5) is 5.12. The number of aromatic nitrogens is 3. The van der Waals surface area contributed by atoms with E-state index in [-0.39, 0.29) is 0 Å². The molecule has 0 atom stereocenters. The minimum Gasteiger partial charge on any atom is -0.309 e. The van der Waals surface area contributed by atoms with Crippen molar-refractivity contribution < 1.29 is 0 Å². The van der Waals surface area contributed by atoms with Crippen molar-refractivity contribution >= 4 is 43.6 Å². The maximum absolute atomic E-state index is 5.12. The van der Waals surface area contributed by atoms with E-state index in [9.17, 15) is 0 Å². The Labute approximate surface area is 360 Å². The largest absolute Gasteiger partial charge is 0.309 e. The molecule has 0 bridgehead atoms. The molecule has 12 rings (SSSR count). The van der Waals surface area contributed by atoms with Crippen LogP contribution in [0.4, 0.5) is 0 Å². The molecule has 12 aromatic rings. The van der Waals surface area contributed by atoms with E-state index >= 15 is 0 Å². The van der Waals surface area contributed by atoms with Crippen molar-refractivity contribution in [2.24, 2.45) is 0 Å². The molecule has 0 radical (unpaired) electrons. The van der Waals surface area contributed by atoms with Gasteiger partial charge in [0.25, 0.3) is 0 Å². The summed E-state index contributed by atoms with van der Waals surface area (Å²) in [5.41, 5.74) is 18.2. The van der Waals surface area contributed by atoms with Gasteiger partial charge in [-0.25, -0.2) is 4.98 Å². The molecule has 0 aliphatic rings. The Morgan fingerprint density at radius 3 is 1.18 bits per heavy atom. The minimum atomic E-state index is 0.958. The van der Waals surface area contributed by atoms with Crippen LogP contribution in [0.2, 0.25) is 0 Å². The Kier molecular flexibility index (Phi) is 8.50. The fourth-order valence-electron chi connectivity index (χ4n) is 9.35. The maximum Gasteiger partial charge on any atom is 0.0715 e. The Morgan fingerprint density at radius 1 is 0.226 bits per heavy atom. The van der Waals surface area contributed by atoms with Crippen LogP contribution >= 0.6 is 0 Å². The van der Waals surface area contributed by atoms with E-state index in [4.69, 9.17) is 4.98 Å². The van der Waals surface area contributed by atoms with E-state index in [1.54, 1.807) is 0 Å². The third kappa shape index (κ3) is 6.10. The van der Waals surface area contributed by atoms with Crippen molar-refractivity contribution in [1.29, 1.82) is 0 Å². The zero-order valence-electron chi connectivity index (χ0n) is 33.9. The zero-order chi connectivity index (χ0) is 41.0. The van der Waals surface area contributed by atoms with Gasteiger partial charge in [0.2, 0.25) is 0 Å². The van der Waals surface area contributed by atoms with Crippen LogP contribution < -0.4 is 0 Å². The van der Waals surface area contributed by atoms with E-state index < -0.39 is 0 Å². The number of fused-ring (bicyclic) bond motifs is 6. The van der Waals surface area contributed by atoms with Gasteiger partial charge in [0.05, 0.1) is 33.5 Å². The predicted octanol–water partition coefficient (Wildman–Crippen LogP) is 15.6. The predicted molar refractivity (Wildman–Crippen MR) is 260 cm³/mol. The normalized spacial score (nSPS) is 11.5. The summed E-state index contributed by atoms with van der Waals surface area (Å²) in [7, 11) is 0. The Morgan fingerprint density at radius 2 is 0.613 bits per heavy atom. The number of pyridine rings is 1. The zero-order valence-corrected chi connectivity index (χ0v) is 33.9. The van der Waals surface area contributed by atoms with Gasteiger partial charge in [-0.1, -0.05) is 158 Å². The van der Waals surface area contributed by atoms with E-state index in [1.807, 2.05) is 12.1 Å². The van der Waals surface area contributed by atoms with Crippen molar-refractivity contribution in [2.75, 3.05) is 0 Å². The van der Waals surface area contributed by atoms with E-state index in [2.05, 4.69) is 234 Å². The summed E-state index contributed by atoms with van der Waals surface area (Å²) in [6.45, 7) is 0. The first-order valence-corrected chi connectivity index (χ1v) is 21.2. The summed E-state index contributed by atoms with van der Waals surface area (Å²) in [6.07, 6.45) is 0. The SMILES string of the molecule is c1ccc(-c2cc(-c3cccc(-c4cccc(-n5c6ccccc6c6cc(-c7ccc8c(c7)c7ccccc7n8-c7ccccc7)ccc65)c4)c3)cc(-c3ccccc3)n2)cc1. The van der Waals surface area contributed by atoms with Gasteiger partial charge in [0, 0.05) is 44.0 Å². The highest BCUT2D eigenvalue weighted by Crippen LogP contribution is 2.39. The molecular formula is C59H39N3. The fraction of sp³-hybridized carbons (Fsp3) is 0. The molecule has 0 spiro atoms. The van der Waals surface area contributed by atoms with Gasteiger partial charge in [0.1, 0.15) is 0 Å². The molecular weight excluding hydrogens is 751 g/mol. The van der Waals surface area contributed by atoms with Gasteiger partial charge in [-0.15, -0.1) is 0 Å². The molecule has 0 amide bonds. The Balaban J connectivity index is 0.945. The summed E-state index contributed by atoms with van der Waals surface area (Å²) >= 11 is 0. The highest BCUT2D eigenvalue weighted by molar-refractivity contribution is 6.12. The highest BCUT2D eigenvalue weighted by Gasteiger charge is 2.17. The van der Waals surface area contributed by atoms with Gasteiger partial charge in [-0.3, -0.25) is 0 Å². The number of benzene rings is 9. The number of hydrogen-bond donors (Lipinski definition) is 0. The van der Waals surface area contributed by atoms with Gasteiger partial charge in [0.15, 0.2) is 0 Å². The molecule has 0 fully saturated rings. The first kappa shape index (κ1) is 35.7. The molecule has 290 valence electrons. The van der Waals surface area contributed by atoms with Gasteiger partial charge >= 0.3 is 0 Å². The smallest absolute Gasteiger partial charge is 0.0715 e. The lowest BCUT2D eigenvalue weighted by Gasteiger charge is -2.13. The van der Waals surface area contributed by atoms with Crippen LogP contribution in [0.5, 0.6) is 0 Å². The first-order valence-electron chi connectivity index (χ1n) is 21.2. The average molecular weight is 790 g/mol. The van der Waals surface area contributed by atoms with Crippen molar-refractivity contribution in [1.82, 2.24) is 14.1 Å². The standard InChI is InChI=1S/C59H39N3/c1-4-16-40(17-5-1)54-38-47(39-55(60-54)41-18-6-2-7-19-41)43-21-14-20-42(34-43)44-22-15-25-49(35-44)62-57-29-13-11-27-51(57)53-37-46(31-33-59(53)62)45-30-32-58-52(36-45)50-26-10-12-28-56(50)61(58)48-23-8-3-9-24-48/h1-39H. The van der Waals surface area contributed by atoms with Crippen LogP contribution in [0.25, 0.3) is 111 Å². The fourth-order valence-corrected chi connectivity index (χ4v) is 9.35. The van der Waals surface area contributed by atoms with Gasteiger partial charge in [-0.2, -0.15) is 0 Å². The van der Waals surface area contributed by atoms with Crippen LogP contribution in [0.15, 0.2) is 237 Å². The quantitative estimate of drug-likeness (QED) is 0.158. The topological polar surface area (TPSA) is 22.8 Å². The summed E-state index contributed by atoms with van der Waals surface area (Å²) in [5, 5.41) is 4.98. The monoisotopic (exact) mass is 789 g/mol. The van der Waals surface area contributed by atoms with Crippen LogP contribution in [0, 0.1) is 0 Å². The van der Waals surface area contributed by atoms with Crippen molar-refractivity contribution in [2.45, 2.75) is 0 Å². The summed E-state index contributed by atoms with van der Waals surface area (Å²) < 4.78 is 4.79. The third-order valence-corrected chi connectivity index (χ3v) is 12.3. The maximum atomic E-state index is 5.12. The first-order chi connectivity index (χ1) is 30.7. The molecule has 9 aromatic carbocycles. The van der Waals surface area contributed by atoms with Crippen LogP contribution in [0.3, 0.4) is 0 Å². The molecule has 62 heavy (non-hydrogen) atoms. The molecule has 0 saturated heterocycles. The molecule has 3 aromatic heterocycles. The van der Waals surface area contributed by atoms with E-state index in [0.717, 1.165) is 50.5 Å². The summed E-state index contributed by atoms with van der Waals surface area (Å²) in [6, 6.07) is 85.2. The molecule has 3 heteroatoms. The Hall–Kier alpha value is -8.27. The number of hydrogen-bond acceptors (Lipinski definition) is 1. The molecule has 0 saturated carbocycles. The Bertz CT molecular complexity index is 3560. The lowest BCUT2D eigenvalue weighted by Crippen LogP contribution is -1.94. The second kappa shape index (κ2) is 14.8. The molecule has 3 heterocycles. The van der Waals surface area contributed by atoms with Crippen molar-refractivity contribution in [3.8, 4) is 67.3 Å². The minimum absolute atomic E-state index is 0.958. The number of rotatable bonds is 7. The van der Waals surface area contributed by atoms with E-state index in [0.29, 0.717) is 0 Å². The number of nitrogens with zero attached hydrogens (tertiary/aromatic N) is 3. The second-order valence-electron chi connectivity index (χ2n) is 16.0. The van der Waals surface area contributed by atoms with E-state index in [1.165, 1.54) is 60.4 Å².